The summed E-state index contributed by atoms with van der Waals surface area (Å²) in [7, 11) is 0. The summed E-state index contributed by atoms with van der Waals surface area (Å²) in [6.07, 6.45) is 3.34. The van der Waals surface area contributed by atoms with Crippen molar-refractivity contribution in [3.8, 4) is 0 Å². The molecule has 16 heavy (non-hydrogen) atoms. The molecule has 1 atom stereocenters. The molecule has 4 nitrogen and oxygen atoms in total. The van der Waals surface area contributed by atoms with Gasteiger partial charge in [0.1, 0.15) is 0 Å². The second-order valence-electron chi connectivity index (χ2n) is 3.78. The summed E-state index contributed by atoms with van der Waals surface area (Å²) in [4.78, 5) is 17.8. The molecular weight excluding hydrogens is 222 g/mol. The van der Waals surface area contributed by atoms with Gasteiger partial charge in [-0.2, -0.15) is 11.8 Å². The van der Waals surface area contributed by atoms with Crippen molar-refractivity contribution in [1.29, 1.82) is 0 Å². The lowest BCUT2D eigenvalue weighted by Gasteiger charge is -2.32. The smallest absolute Gasteiger partial charge is 0.320 e. The third-order valence-corrected chi connectivity index (χ3v) is 3.75. The van der Waals surface area contributed by atoms with Crippen LogP contribution >= 0.6 is 11.8 Å². The van der Waals surface area contributed by atoms with Crippen LogP contribution in [0.2, 0.25) is 0 Å². The van der Waals surface area contributed by atoms with Gasteiger partial charge in [-0.3, -0.25) is 4.98 Å². The van der Waals surface area contributed by atoms with Gasteiger partial charge in [0, 0.05) is 42.2 Å². The fraction of sp³-hybridized carbons (Fsp3) is 0.455. The van der Waals surface area contributed by atoms with Crippen molar-refractivity contribution in [2.45, 2.75) is 13.0 Å². The number of thioether (sulfide) groups is 1. The molecule has 0 unspecified atom stereocenters. The van der Waals surface area contributed by atoms with E-state index in [4.69, 9.17) is 0 Å². The highest BCUT2D eigenvalue weighted by Gasteiger charge is 2.23. The van der Waals surface area contributed by atoms with Gasteiger partial charge in [-0.05, 0) is 19.1 Å². The quantitative estimate of drug-likeness (QED) is 0.813. The molecule has 0 aliphatic carbocycles. The monoisotopic (exact) mass is 237 g/mol. The Kier molecular flexibility index (Phi) is 3.66. The molecule has 1 aliphatic rings. The zero-order valence-electron chi connectivity index (χ0n) is 9.22. The summed E-state index contributed by atoms with van der Waals surface area (Å²) in [5.41, 5.74) is 0.797. The van der Waals surface area contributed by atoms with Crippen molar-refractivity contribution in [2.24, 2.45) is 0 Å². The Morgan fingerprint density at radius 1 is 1.56 bits per heavy atom. The Morgan fingerprint density at radius 2 is 2.31 bits per heavy atom. The van der Waals surface area contributed by atoms with Crippen LogP contribution in [0.15, 0.2) is 24.5 Å². The van der Waals surface area contributed by atoms with E-state index >= 15 is 0 Å². The highest BCUT2D eigenvalue weighted by molar-refractivity contribution is 7.99. The fourth-order valence-electron chi connectivity index (χ4n) is 1.66. The van der Waals surface area contributed by atoms with Crippen LogP contribution < -0.4 is 5.32 Å². The molecule has 1 aromatic heterocycles. The Hall–Kier alpha value is -1.23. The SMILES string of the molecule is C[C@@H]1CSCCN1C(=O)Nc1ccncc1. The number of urea groups is 1. The number of amides is 2. The molecule has 86 valence electrons. The van der Waals surface area contributed by atoms with E-state index in [0.717, 1.165) is 23.7 Å². The Morgan fingerprint density at radius 3 is 3.00 bits per heavy atom. The molecule has 5 heteroatoms. The second-order valence-corrected chi connectivity index (χ2v) is 4.93. The topological polar surface area (TPSA) is 45.2 Å². The minimum atomic E-state index is -0.0148. The van der Waals surface area contributed by atoms with Gasteiger partial charge in [0.25, 0.3) is 0 Å². The normalized spacial score (nSPS) is 20.6. The number of anilines is 1. The maximum Gasteiger partial charge on any atom is 0.322 e. The number of hydrogen-bond acceptors (Lipinski definition) is 3. The number of hydrogen-bond donors (Lipinski definition) is 1. The van der Waals surface area contributed by atoms with E-state index in [9.17, 15) is 4.79 Å². The predicted molar refractivity (Wildman–Crippen MR) is 66.7 cm³/mol. The number of carbonyl (C=O) groups excluding carboxylic acids is 1. The van der Waals surface area contributed by atoms with E-state index in [1.165, 1.54) is 0 Å². The fourth-order valence-corrected chi connectivity index (χ4v) is 2.67. The Bertz CT molecular complexity index is 358. The first-order valence-electron chi connectivity index (χ1n) is 5.33. The lowest BCUT2D eigenvalue weighted by Crippen LogP contribution is -2.46. The van der Waals surface area contributed by atoms with Crippen molar-refractivity contribution >= 4 is 23.5 Å². The lowest BCUT2D eigenvalue weighted by molar-refractivity contribution is 0.200. The molecule has 1 aromatic rings. The molecule has 0 radical (unpaired) electrons. The molecule has 2 amide bonds. The Balaban J connectivity index is 1.97. The number of rotatable bonds is 1. The van der Waals surface area contributed by atoms with E-state index in [1.54, 1.807) is 24.5 Å². The largest absolute Gasteiger partial charge is 0.322 e. The predicted octanol–water partition coefficient (Wildman–Crippen LogP) is 2.05. The number of nitrogens with zero attached hydrogens (tertiary/aromatic N) is 2. The van der Waals surface area contributed by atoms with E-state index in [1.807, 2.05) is 16.7 Å². The van der Waals surface area contributed by atoms with Crippen molar-refractivity contribution < 1.29 is 4.79 Å². The maximum absolute atomic E-state index is 12.0. The highest BCUT2D eigenvalue weighted by atomic mass is 32.2. The second kappa shape index (κ2) is 5.21. The summed E-state index contributed by atoms with van der Waals surface area (Å²) in [6, 6.07) is 3.88. The van der Waals surface area contributed by atoms with Gasteiger partial charge < -0.3 is 10.2 Å². The van der Waals surface area contributed by atoms with E-state index < -0.39 is 0 Å². The molecule has 1 aliphatic heterocycles. The molecular formula is C11H15N3OS. The summed E-state index contributed by atoms with van der Waals surface area (Å²) in [6.45, 7) is 2.90. The molecule has 0 bridgehead atoms. The standard InChI is InChI=1S/C11H15N3OS/c1-9-8-16-7-6-14(9)11(15)13-10-2-4-12-5-3-10/h2-5,9H,6-8H2,1H3,(H,12,13,15)/t9-/m1/s1. The van der Waals surface area contributed by atoms with Gasteiger partial charge >= 0.3 is 6.03 Å². The van der Waals surface area contributed by atoms with E-state index in [2.05, 4.69) is 17.2 Å². The van der Waals surface area contributed by atoms with Crippen LogP contribution in [0.1, 0.15) is 6.92 Å². The van der Waals surface area contributed by atoms with Crippen molar-refractivity contribution in [3.05, 3.63) is 24.5 Å². The third-order valence-electron chi connectivity index (χ3n) is 2.56. The maximum atomic E-state index is 12.0. The van der Waals surface area contributed by atoms with Crippen LogP contribution in [-0.4, -0.2) is 40.0 Å². The van der Waals surface area contributed by atoms with Crippen LogP contribution in [0.25, 0.3) is 0 Å². The van der Waals surface area contributed by atoms with Crippen molar-refractivity contribution in [3.63, 3.8) is 0 Å². The summed E-state index contributed by atoms with van der Waals surface area (Å²) in [5.74, 6) is 2.04. The molecule has 1 saturated heterocycles. The van der Waals surface area contributed by atoms with Crippen LogP contribution in [0.5, 0.6) is 0 Å². The Labute approximate surface area is 99.4 Å². The molecule has 1 fully saturated rings. The van der Waals surface area contributed by atoms with Gasteiger partial charge in [-0.1, -0.05) is 0 Å². The van der Waals surface area contributed by atoms with Gasteiger partial charge in [0.05, 0.1) is 0 Å². The summed E-state index contributed by atoms with van der Waals surface area (Å²) in [5, 5.41) is 2.88. The first kappa shape index (κ1) is 11.3. The van der Waals surface area contributed by atoms with Gasteiger partial charge in [0.15, 0.2) is 0 Å². The van der Waals surface area contributed by atoms with Gasteiger partial charge in [0.2, 0.25) is 0 Å². The molecule has 0 spiro atoms. The third kappa shape index (κ3) is 2.66. The minimum Gasteiger partial charge on any atom is -0.320 e. The number of carbonyl (C=O) groups is 1. The minimum absolute atomic E-state index is 0.0148. The number of aromatic nitrogens is 1. The molecule has 0 aromatic carbocycles. The van der Waals surface area contributed by atoms with E-state index in [0.29, 0.717) is 6.04 Å². The van der Waals surface area contributed by atoms with Crippen molar-refractivity contribution in [2.75, 3.05) is 23.4 Å². The molecule has 0 saturated carbocycles. The van der Waals surface area contributed by atoms with Crippen LogP contribution in [0.4, 0.5) is 10.5 Å². The molecule has 2 rings (SSSR count). The van der Waals surface area contributed by atoms with Crippen LogP contribution in [0, 0.1) is 0 Å². The number of pyridine rings is 1. The average Bonchev–Trinajstić information content (AvgIpc) is 2.31. The van der Waals surface area contributed by atoms with Gasteiger partial charge in [-0.25, -0.2) is 4.79 Å². The zero-order chi connectivity index (χ0) is 11.4. The lowest BCUT2D eigenvalue weighted by atomic mass is 10.3. The molecule has 1 N–H and O–H groups in total. The average molecular weight is 237 g/mol. The summed E-state index contributed by atoms with van der Waals surface area (Å²) >= 11 is 1.90. The summed E-state index contributed by atoms with van der Waals surface area (Å²) < 4.78 is 0. The van der Waals surface area contributed by atoms with E-state index in [-0.39, 0.29) is 6.03 Å². The number of nitrogens with one attached hydrogen (secondary N) is 1. The molecule has 2 heterocycles. The first-order chi connectivity index (χ1) is 7.77. The van der Waals surface area contributed by atoms with Crippen molar-refractivity contribution in [1.82, 2.24) is 9.88 Å². The van der Waals surface area contributed by atoms with Crippen LogP contribution in [0.3, 0.4) is 0 Å². The first-order valence-corrected chi connectivity index (χ1v) is 6.48. The highest BCUT2D eigenvalue weighted by Crippen LogP contribution is 2.17. The van der Waals surface area contributed by atoms with Crippen LogP contribution in [-0.2, 0) is 0 Å². The van der Waals surface area contributed by atoms with Gasteiger partial charge in [-0.15, -0.1) is 0 Å². The zero-order valence-corrected chi connectivity index (χ0v) is 10.0.